The number of amides is 1. The molecule has 0 radical (unpaired) electrons. The van der Waals surface area contributed by atoms with Gasteiger partial charge in [-0.3, -0.25) is 9.69 Å². The van der Waals surface area contributed by atoms with Gasteiger partial charge in [0, 0.05) is 18.0 Å². The number of aromatic nitrogens is 2. The molecule has 1 aromatic heterocycles. The van der Waals surface area contributed by atoms with E-state index >= 15 is 0 Å². The molecule has 3 rings (SSSR count). The summed E-state index contributed by atoms with van der Waals surface area (Å²) in [7, 11) is 0. The molecule has 1 fully saturated rings. The number of rotatable bonds is 7. The smallest absolute Gasteiger partial charge is 0.231 e. The predicted molar refractivity (Wildman–Crippen MR) is 96.4 cm³/mol. The van der Waals surface area contributed by atoms with Crippen molar-refractivity contribution < 1.29 is 9.53 Å². The quantitative estimate of drug-likeness (QED) is 0.761. The van der Waals surface area contributed by atoms with Crippen LogP contribution in [0.2, 0.25) is 0 Å². The molecule has 0 spiro atoms. The molecule has 0 saturated heterocycles. The van der Waals surface area contributed by atoms with E-state index in [-0.39, 0.29) is 11.8 Å². The second-order valence-electron chi connectivity index (χ2n) is 6.46. The summed E-state index contributed by atoms with van der Waals surface area (Å²) in [5.41, 5.74) is 0.991. The number of benzene rings is 1. The molecule has 1 saturated carbocycles. The Morgan fingerprint density at radius 2 is 2.00 bits per heavy atom. The van der Waals surface area contributed by atoms with E-state index in [1.165, 1.54) is 11.3 Å². The Hall–Kier alpha value is -1.95. The second kappa shape index (κ2) is 7.30. The van der Waals surface area contributed by atoms with Gasteiger partial charge in [-0.05, 0) is 49.9 Å². The maximum Gasteiger partial charge on any atom is 0.231 e. The zero-order valence-electron chi connectivity index (χ0n) is 14.4. The van der Waals surface area contributed by atoms with Crippen LogP contribution in [0.4, 0.5) is 5.13 Å². The predicted octanol–water partition coefficient (Wildman–Crippen LogP) is 4.00. The summed E-state index contributed by atoms with van der Waals surface area (Å²) in [5, 5.41) is 10.1. The fourth-order valence-electron chi connectivity index (χ4n) is 2.48. The van der Waals surface area contributed by atoms with Gasteiger partial charge in [0.2, 0.25) is 11.0 Å². The summed E-state index contributed by atoms with van der Waals surface area (Å²) < 4.78 is 5.46. The Bertz CT molecular complexity index is 693. The van der Waals surface area contributed by atoms with Crippen molar-refractivity contribution in [2.45, 2.75) is 33.6 Å². The Labute approximate surface area is 146 Å². The lowest BCUT2D eigenvalue weighted by molar-refractivity contribution is -0.119. The number of hydrogen-bond acceptors (Lipinski definition) is 5. The molecule has 2 aromatic rings. The average molecular weight is 345 g/mol. The van der Waals surface area contributed by atoms with E-state index in [9.17, 15) is 4.79 Å². The van der Waals surface area contributed by atoms with Crippen molar-refractivity contribution in [2.75, 3.05) is 18.1 Å². The van der Waals surface area contributed by atoms with Gasteiger partial charge < -0.3 is 4.74 Å². The van der Waals surface area contributed by atoms with Crippen LogP contribution in [0, 0.1) is 11.8 Å². The Morgan fingerprint density at radius 3 is 2.58 bits per heavy atom. The maximum atomic E-state index is 12.6. The Morgan fingerprint density at radius 1 is 1.29 bits per heavy atom. The van der Waals surface area contributed by atoms with Crippen LogP contribution in [0.5, 0.6) is 5.75 Å². The summed E-state index contributed by atoms with van der Waals surface area (Å²) in [6.45, 7) is 7.53. The lowest BCUT2D eigenvalue weighted by Crippen LogP contribution is -2.35. The summed E-state index contributed by atoms with van der Waals surface area (Å²) in [6, 6.07) is 7.82. The SMILES string of the molecule is CCOc1ccc(-c2nnc(N(CC(C)C)C(=O)C3CC3)s2)cc1. The first-order valence-corrected chi connectivity index (χ1v) is 9.28. The van der Waals surface area contributed by atoms with Crippen molar-refractivity contribution in [1.29, 1.82) is 0 Å². The molecule has 0 aliphatic heterocycles. The first-order valence-electron chi connectivity index (χ1n) is 8.46. The largest absolute Gasteiger partial charge is 0.494 e. The third kappa shape index (κ3) is 3.93. The molecular weight excluding hydrogens is 322 g/mol. The van der Waals surface area contributed by atoms with Gasteiger partial charge in [-0.2, -0.15) is 0 Å². The molecule has 1 aliphatic carbocycles. The molecule has 0 bridgehead atoms. The van der Waals surface area contributed by atoms with E-state index in [4.69, 9.17) is 4.74 Å². The van der Waals surface area contributed by atoms with Gasteiger partial charge in [0.25, 0.3) is 0 Å². The van der Waals surface area contributed by atoms with Crippen LogP contribution >= 0.6 is 11.3 Å². The lowest BCUT2D eigenvalue weighted by atomic mass is 10.2. The van der Waals surface area contributed by atoms with Crippen molar-refractivity contribution in [1.82, 2.24) is 10.2 Å². The van der Waals surface area contributed by atoms with E-state index in [0.717, 1.165) is 29.2 Å². The highest BCUT2D eigenvalue weighted by molar-refractivity contribution is 7.18. The number of ether oxygens (including phenoxy) is 1. The number of nitrogens with zero attached hydrogens (tertiary/aromatic N) is 3. The molecule has 24 heavy (non-hydrogen) atoms. The van der Waals surface area contributed by atoms with E-state index in [1.807, 2.05) is 36.1 Å². The third-order valence-electron chi connectivity index (χ3n) is 3.80. The topological polar surface area (TPSA) is 55.3 Å². The van der Waals surface area contributed by atoms with Gasteiger partial charge in [0.1, 0.15) is 10.8 Å². The molecule has 128 valence electrons. The number of carbonyl (C=O) groups excluding carboxylic acids is 1. The van der Waals surface area contributed by atoms with Gasteiger partial charge in [0.15, 0.2) is 0 Å². The van der Waals surface area contributed by atoms with E-state index in [1.54, 1.807) is 0 Å². The van der Waals surface area contributed by atoms with E-state index < -0.39 is 0 Å². The Kier molecular flexibility index (Phi) is 5.14. The van der Waals surface area contributed by atoms with Crippen LogP contribution < -0.4 is 9.64 Å². The Balaban J connectivity index is 1.80. The first kappa shape index (κ1) is 16.9. The molecule has 6 heteroatoms. The van der Waals surface area contributed by atoms with Crippen molar-refractivity contribution in [3.05, 3.63) is 24.3 Å². The molecule has 1 aromatic carbocycles. The second-order valence-corrected chi connectivity index (χ2v) is 7.42. The molecule has 0 unspecified atom stereocenters. The number of carbonyl (C=O) groups is 1. The molecule has 0 atom stereocenters. The lowest BCUT2D eigenvalue weighted by Gasteiger charge is -2.21. The van der Waals surface area contributed by atoms with Gasteiger partial charge in [-0.15, -0.1) is 10.2 Å². The minimum absolute atomic E-state index is 0.182. The molecule has 1 heterocycles. The monoisotopic (exact) mass is 345 g/mol. The highest BCUT2D eigenvalue weighted by atomic mass is 32.1. The van der Waals surface area contributed by atoms with Gasteiger partial charge in [-0.25, -0.2) is 0 Å². The standard InChI is InChI=1S/C18H23N3O2S/c1-4-23-15-9-7-13(8-10-15)16-19-20-18(24-16)21(11-12(2)3)17(22)14-5-6-14/h7-10,12,14H,4-6,11H2,1-3H3. The maximum absolute atomic E-state index is 12.6. The van der Waals surface area contributed by atoms with Gasteiger partial charge in [0.05, 0.1) is 6.61 Å². The average Bonchev–Trinajstić information content (AvgIpc) is 3.30. The van der Waals surface area contributed by atoms with Gasteiger partial charge >= 0.3 is 0 Å². The first-order chi connectivity index (χ1) is 11.6. The molecule has 1 amide bonds. The molecule has 5 nitrogen and oxygen atoms in total. The normalized spacial score (nSPS) is 14.0. The summed E-state index contributed by atoms with van der Waals surface area (Å²) in [6.07, 6.45) is 2.00. The molecular formula is C18H23N3O2S. The van der Waals surface area contributed by atoms with Crippen LogP contribution in [0.25, 0.3) is 10.6 Å². The van der Waals surface area contributed by atoms with Crippen molar-refractivity contribution >= 4 is 22.4 Å². The minimum Gasteiger partial charge on any atom is -0.494 e. The van der Waals surface area contributed by atoms with E-state index in [2.05, 4.69) is 24.0 Å². The van der Waals surface area contributed by atoms with Crippen LogP contribution in [0.15, 0.2) is 24.3 Å². The fourth-order valence-corrected chi connectivity index (χ4v) is 3.34. The van der Waals surface area contributed by atoms with Gasteiger partial charge in [-0.1, -0.05) is 25.2 Å². The zero-order chi connectivity index (χ0) is 17.1. The van der Waals surface area contributed by atoms with Crippen molar-refractivity contribution in [2.24, 2.45) is 11.8 Å². The van der Waals surface area contributed by atoms with Crippen LogP contribution in [-0.4, -0.2) is 29.3 Å². The van der Waals surface area contributed by atoms with Crippen LogP contribution in [0.1, 0.15) is 33.6 Å². The highest BCUT2D eigenvalue weighted by Gasteiger charge is 2.35. The van der Waals surface area contributed by atoms with Crippen molar-refractivity contribution in [3.8, 4) is 16.3 Å². The number of anilines is 1. The summed E-state index contributed by atoms with van der Waals surface area (Å²) in [5.74, 6) is 1.61. The third-order valence-corrected chi connectivity index (χ3v) is 4.79. The van der Waals surface area contributed by atoms with Crippen LogP contribution in [-0.2, 0) is 4.79 Å². The zero-order valence-corrected chi connectivity index (χ0v) is 15.2. The van der Waals surface area contributed by atoms with E-state index in [0.29, 0.717) is 24.2 Å². The summed E-state index contributed by atoms with van der Waals surface area (Å²) >= 11 is 1.47. The minimum atomic E-state index is 0.182. The number of hydrogen-bond donors (Lipinski definition) is 0. The van der Waals surface area contributed by atoms with Crippen LogP contribution in [0.3, 0.4) is 0 Å². The molecule has 1 aliphatic rings. The fraction of sp³-hybridized carbons (Fsp3) is 0.500. The van der Waals surface area contributed by atoms with Crippen molar-refractivity contribution in [3.63, 3.8) is 0 Å². The highest BCUT2D eigenvalue weighted by Crippen LogP contribution is 2.35. The summed E-state index contributed by atoms with van der Waals surface area (Å²) in [4.78, 5) is 14.4. The molecule has 0 N–H and O–H groups in total.